The minimum atomic E-state index is -0.0668. The zero-order chi connectivity index (χ0) is 17.5. The Kier molecular flexibility index (Phi) is 6.28. The molecule has 5 nitrogen and oxygen atoms in total. The molecule has 0 radical (unpaired) electrons. The summed E-state index contributed by atoms with van der Waals surface area (Å²) in [5.41, 5.74) is 1.41. The van der Waals surface area contributed by atoms with Crippen LogP contribution in [0, 0.1) is 0 Å². The molecule has 1 saturated carbocycles. The summed E-state index contributed by atoms with van der Waals surface area (Å²) in [6, 6.07) is 8.01. The van der Waals surface area contributed by atoms with E-state index in [4.69, 9.17) is 4.74 Å². The number of rotatable bonds is 6. The van der Waals surface area contributed by atoms with Crippen LogP contribution in [0.4, 0.5) is 10.8 Å². The van der Waals surface area contributed by atoms with Crippen LogP contribution in [0.1, 0.15) is 55.9 Å². The highest BCUT2D eigenvalue weighted by Crippen LogP contribution is 2.23. The Morgan fingerprint density at radius 3 is 2.60 bits per heavy atom. The maximum absolute atomic E-state index is 12.4. The molecule has 1 heterocycles. The molecule has 0 spiro atoms. The Hall–Kier alpha value is -2.08. The van der Waals surface area contributed by atoms with Crippen molar-refractivity contribution in [1.29, 1.82) is 0 Å². The second-order valence-electron chi connectivity index (χ2n) is 6.28. The van der Waals surface area contributed by atoms with Crippen molar-refractivity contribution in [3.63, 3.8) is 0 Å². The summed E-state index contributed by atoms with van der Waals surface area (Å²) < 4.78 is 5.43. The van der Waals surface area contributed by atoms with Crippen molar-refractivity contribution in [2.75, 3.05) is 11.9 Å². The van der Waals surface area contributed by atoms with E-state index in [2.05, 4.69) is 15.6 Å². The first-order chi connectivity index (χ1) is 12.2. The molecule has 0 saturated heterocycles. The fraction of sp³-hybridized carbons (Fsp3) is 0.474. The number of anilines is 2. The monoisotopic (exact) mass is 359 g/mol. The van der Waals surface area contributed by atoms with Crippen LogP contribution < -0.4 is 15.4 Å². The van der Waals surface area contributed by atoms with Crippen LogP contribution in [0.2, 0.25) is 0 Å². The van der Waals surface area contributed by atoms with E-state index in [0.717, 1.165) is 29.4 Å². The van der Waals surface area contributed by atoms with E-state index >= 15 is 0 Å². The van der Waals surface area contributed by atoms with Crippen LogP contribution in [-0.4, -0.2) is 23.5 Å². The molecule has 25 heavy (non-hydrogen) atoms. The van der Waals surface area contributed by atoms with E-state index in [1.165, 1.54) is 37.0 Å². The molecule has 6 heteroatoms. The summed E-state index contributed by atoms with van der Waals surface area (Å²) in [6.07, 6.45) is 7.11. The molecule has 3 rings (SSSR count). The molecule has 134 valence electrons. The van der Waals surface area contributed by atoms with Gasteiger partial charge in [0.05, 0.1) is 6.61 Å². The number of ether oxygens (including phenoxy) is 1. The lowest BCUT2D eigenvalue weighted by Crippen LogP contribution is -2.34. The zero-order valence-corrected chi connectivity index (χ0v) is 15.4. The number of hydrogen-bond acceptors (Lipinski definition) is 5. The summed E-state index contributed by atoms with van der Waals surface area (Å²) in [7, 11) is 0. The number of nitrogens with zero attached hydrogens (tertiary/aromatic N) is 1. The lowest BCUT2D eigenvalue weighted by Gasteiger charge is -2.15. The summed E-state index contributed by atoms with van der Waals surface area (Å²) in [6.45, 7) is 2.61. The highest BCUT2D eigenvalue weighted by Gasteiger charge is 2.17. The zero-order valence-electron chi connectivity index (χ0n) is 14.6. The van der Waals surface area contributed by atoms with Gasteiger partial charge in [0.25, 0.3) is 5.91 Å². The van der Waals surface area contributed by atoms with E-state index in [9.17, 15) is 4.79 Å². The average molecular weight is 359 g/mol. The standard InChI is InChI=1S/C19H25N3O2S/c1-2-24-16-11-9-15(10-12-16)21-19-22-17(13-25-19)18(23)20-14-7-5-3-4-6-8-14/h9-14H,2-8H2,1H3,(H,20,23)(H,21,22). The normalized spacial score (nSPS) is 15.4. The first-order valence-electron chi connectivity index (χ1n) is 9.01. The Balaban J connectivity index is 1.56. The van der Waals surface area contributed by atoms with Gasteiger partial charge in [-0.2, -0.15) is 0 Å². The third kappa shape index (κ3) is 5.19. The Labute approximate surface area is 152 Å². The topological polar surface area (TPSA) is 63.2 Å². The molecule has 1 aromatic carbocycles. The van der Waals surface area contributed by atoms with Crippen LogP contribution in [0.3, 0.4) is 0 Å². The van der Waals surface area contributed by atoms with Crippen molar-refractivity contribution in [2.24, 2.45) is 0 Å². The third-order valence-corrected chi connectivity index (χ3v) is 5.10. The van der Waals surface area contributed by atoms with E-state index in [0.29, 0.717) is 18.3 Å². The number of thiazole rings is 1. The number of nitrogens with one attached hydrogen (secondary N) is 2. The van der Waals surface area contributed by atoms with Crippen LogP contribution in [-0.2, 0) is 0 Å². The lowest BCUT2D eigenvalue weighted by atomic mass is 10.1. The van der Waals surface area contributed by atoms with Crippen LogP contribution in [0.5, 0.6) is 5.75 Å². The maximum Gasteiger partial charge on any atom is 0.271 e. The molecule has 2 N–H and O–H groups in total. The minimum absolute atomic E-state index is 0.0668. The smallest absolute Gasteiger partial charge is 0.271 e. The van der Waals surface area contributed by atoms with Crippen molar-refractivity contribution < 1.29 is 9.53 Å². The number of benzene rings is 1. The lowest BCUT2D eigenvalue weighted by molar-refractivity contribution is 0.0929. The fourth-order valence-corrected chi connectivity index (χ4v) is 3.75. The first-order valence-corrected chi connectivity index (χ1v) is 9.89. The van der Waals surface area contributed by atoms with Gasteiger partial charge in [0.1, 0.15) is 11.4 Å². The molecular formula is C19H25N3O2S. The second-order valence-corrected chi connectivity index (χ2v) is 7.14. The molecule has 2 aromatic rings. The molecule has 1 fully saturated rings. The second kappa shape index (κ2) is 8.85. The summed E-state index contributed by atoms with van der Waals surface area (Å²) in [5, 5.41) is 8.89. The van der Waals surface area contributed by atoms with E-state index in [1.54, 1.807) is 0 Å². The third-order valence-electron chi connectivity index (χ3n) is 4.34. The molecule has 1 amide bonds. The van der Waals surface area contributed by atoms with Gasteiger partial charge in [-0.1, -0.05) is 25.7 Å². The minimum Gasteiger partial charge on any atom is -0.494 e. The summed E-state index contributed by atoms with van der Waals surface area (Å²) >= 11 is 1.44. The van der Waals surface area contributed by atoms with Crippen molar-refractivity contribution in [3.05, 3.63) is 35.3 Å². The Morgan fingerprint density at radius 2 is 1.92 bits per heavy atom. The van der Waals surface area contributed by atoms with Crippen molar-refractivity contribution >= 4 is 28.1 Å². The first kappa shape index (κ1) is 17.7. The summed E-state index contributed by atoms with van der Waals surface area (Å²) in [5.74, 6) is 0.776. The Bertz CT molecular complexity index is 676. The number of hydrogen-bond donors (Lipinski definition) is 2. The number of carbonyl (C=O) groups excluding carboxylic acids is 1. The van der Waals surface area contributed by atoms with Gasteiger partial charge >= 0.3 is 0 Å². The van der Waals surface area contributed by atoms with Gasteiger partial charge in [0, 0.05) is 17.1 Å². The molecule has 1 aliphatic carbocycles. The van der Waals surface area contributed by atoms with E-state index < -0.39 is 0 Å². The summed E-state index contributed by atoms with van der Waals surface area (Å²) in [4.78, 5) is 16.8. The average Bonchev–Trinajstić information content (AvgIpc) is 2.93. The Morgan fingerprint density at radius 1 is 1.20 bits per heavy atom. The molecule has 0 aliphatic heterocycles. The highest BCUT2D eigenvalue weighted by molar-refractivity contribution is 7.14. The van der Waals surface area contributed by atoms with Crippen LogP contribution in [0.25, 0.3) is 0 Å². The molecule has 0 unspecified atom stereocenters. The van der Waals surface area contributed by atoms with Gasteiger partial charge in [-0.05, 0) is 44.0 Å². The fourth-order valence-electron chi connectivity index (χ4n) is 3.04. The number of aromatic nitrogens is 1. The number of carbonyl (C=O) groups is 1. The van der Waals surface area contributed by atoms with Gasteiger partial charge in [-0.3, -0.25) is 4.79 Å². The van der Waals surface area contributed by atoms with Gasteiger partial charge in [-0.25, -0.2) is 4.98 Å². The van der Waals surface area contributed by atoms with Crippen LogP contribution in [0.15, 0.2) is 29.6 Å². The van der Waals surface area contributed by atoms with E-state index in [-0.39, 0.29) is 5.91 Å². The molecule has 1 aromatic heterocycles. The van der Waals surface area contributed by atoms with E-state index in [1.807, 2.05) is 36.6 Å². The SMILES string of the molecule is CCOc1ccc(Nc2nc(C(=O)NC3CCCCCC3)cs2)cc1. The van der Waals surface area contributed by atoms with Gasteiger partial charge < -0.3 is 15.4 Å². The van der Waals surface area contributed by atoms with Crippen molar-refractivity contribution in [3.8, 4) is 5.75 Å². The highest BCUT2D eigenvalue weighted by atomic mass is 32.1. The quantitative estimate of drug-likeness (QED) is 0.731. The number of amides is 1. The predicted octanol–water partition coefficient (Wildman–Crippen LogP) is 4.74. The largest absolute Gasteiger partial charge is 0.494 e. The van der Waals surface area contributed by atoms with Crippen molar-refractivity contribution in [2.45, 2.75) is 51.5 Å². The maximum atomic E-state index is 12.4. The molecule has 1 aliphatic rings. The van der Waals surface area contributed by atoms with Gasteiger partial charge in [0.2, 0.25) is 0 Å². The van der Waals surface area contributed by atoms with Gasteiger partial charge in [-0.15, -0.1) is 11.3 Å². The molecule has 0 atom stereocenters. The predicted molar refractivity (Wildman–Crippen MR) is 102 cm³/mol. The van der Waals surface area contributed by atoms with Crippen LogP contribution >= 0.6 is 11.3 Å². The molecule has 0 bridgehead atoms. The van der Waals surface area contributed by atoms with Gasteiger partial charge in [0.15, 0.2) is 5.13 Å². The van der Waals surface area contributed by atoms with Crippen molar-refractivity contribution in [1.82, 2.24) is 10.3 Å². The molecular weight excluding hydrogens is 334 g/mol.